The van der Waals surface area contributed by atoms with Gasteiger partial charge in [0.1, 0.15) is 5.69 Å². The van der Waals surface area contributed by atoms with Gasteiger partial charge >= 0.3 is 0 Å². The average molecular weight is 347 g/mol. The van der Waals surface area contributed by atoms with E-state index in [0.717, 1.165) is 17.4 Å². The van der Waals surface area contributed by atoms with E-state index in [1.165, 1.54) is 0 Å². The number of hydrogen-bond donors (Lipinski definition) is 0. The number of rotatable bonds is 9. The van der Waals surface area contributed by atoms with Crippen LogP contribution in [0.2, 0.25) is 0 Å². The van der Waals surface area contributed by atoms with E-state index < -0.39 is 0 Å². The van der Waals surface area contributed by atoms with Crippen LogP contribution in [0.1, 0.15) is 23.8 Å². The molecule has 0 aromatic carbocycles. The maximum Gasteiger partial charge on any atom is 0.270 e. The molecule has 0 N–H and O–H groups in total. The van der Waals surface area contributed by atoms with Crippen LogP contribution in [0.5, 0.6) is 0 Å². The smallest absolute Gasteiger partial charge is 0.270 e. The molecule has 0 fully saturated rings. The van der Waals surface area contributed by atoms with Gasteiger partial charge in [0, 0.05) is 44.5 Å². The minimum absolute atomic E-state index is 0.0123. The Morgan fingerprint density at radius 2 is 1.90 bits per heavy atom. The van der Waals surface area contributed by atoms with E-state index in [1.54, 1.807) is 19.1 Å². The summed E-state index contributed by atoms with van der Waals surface area (Å²) < 4.78 is 13.0. The molecule has 0 saturated carbocycles. The number of methoxy groups -OCH3 is 2. The van der Waals surface area contributed by atoms with Crippen molar-refractivity contribution in [2.24, 2.45) is 0 Å². The van der Waals surface area contributed by atoms with Crippen LogP contribution < -0.4 is 0 Å². The van der Waals surface area contributed by atoms with Crippen molar-refractivity contribution >= 4 is 21.8 Å². The predicted octanol–water partition coefficient (Wildman–Crippen LogP) is 2.40. The molecule has 0 aliphatic carbocycles. The summed E-state index contributed by atoms with van der Waals surface area (Å²) in [5, 5.41) is 0. The Balaban J connectivity index is 2.86. The van der Waals surface area contributed by atoms with Crippen molar-refractivity contribution in [2.45, 2.75) is 19.9 Å². The first kappa shape index (κ1) is 17.2. The Bertz CT molecular complexity index is 413. The molecule has 0 aliphatic rings. The minimum atomic E-state index is 0.0123. The van der Waals surface area contributed by atoms with Crippen LogP contribution in [0.15, 0.2) is 16.7 Å². The van der Waals surface area contributed by atoms with Crippen molar-refractivity contribution in [3.8, 4) is 0 Å². The van der Waals surface area contributed by atoms with E-state index in [2.05, 4.69) is 22.9 Å². The largest absolute Gasteiger partial charge is 0.383 e. The van der Waals surface area contributed by atoms with E-state index in [-0.39, 0.29) is 5.91 Å². The highest BCUT2D eigenvalue weighted by Crippen LogP contribution is 2.17. The molecule has 1 aromatic heterocycles. The number of halogens is 1. The number of carbonyl (C=O) groups excluding carboxylic acids is 1. The van der Waals surface area contributed by atoms with Gasteiger partial charge in [-0.3, -0.25) is 4.79 Å². The van der Waals surface area contributed by atoms with Crippen molar-refractivity contribution in [1.82, 2.24) is 9.47 Å². The molecule has 1 heterocycles. The number of nitrogens with zero attached hydrogens (tertiary/aromatic N) is 2. The fraction of sp³-hybridized carbons (Fsp3) is 0.643. The Morgan fingerprint density at radius 1 is 1.30 bits per heavy atom. The van der Waals surface area contributed by atoms with Gasteiger partial charge in [-0.2, -0.15) is 0 Å². The number of hydrogen-bond acceptors (Lipinski definition) is 3. The maximum absolute atomic E-state index is 12.6. The topological polar surface area (TPSA) is 43.7 Å². The van der Waals surface area contributed by atoms with E-state index in [0.29, 0.717) is 32.0 Å². The van der Waals surface area contributed by atoms with Crippen molar-refractivity contribution < 1.29 is 14.3 Å². The molecule has 0 spiro atoms. The zero-order valence-electron chi connectivity index (χ0n) is 12.4. The second-order valence-corrected chi connectivity index (χ2v) is 5.43. The number of amides is 1. The highest BCUT2D eigenvalue weighted by atomic mass is 79.9. The summed E-state index contributed by atoms with van der Waals surface area (Å²) in [5.74, 6) is 0.0123. The maximum atomic E-state index is 12.6. The summed E-state index contributed by atoms with van der Waals surface area (Å²) in [6.07, 6.45) is 2.93. The van der Waals surface area contributed by atoms with Crippen molar-refractivity contribution in [1.29, 1.82) is 0 Å². The molecule has 5 nitrogen and oxygen atoms in total. The summed E-state index contributed by atoms with van der Waals surface area (Å²) in [6.45, 7) is 5.09. The van der Waals surface area contributed by atoms with Gasteiger partial charge in [-0.25, -0.2) is 0 Å². The molecule has 0 aliphatic heterocycles. The Morgan fingerprint density at radius 3 is 2.40 bits per heavy atom. The SMILES string of the molecule is CCCn1cc(Br)cc1C(=O)N(CCOC)CCOC. The van der Waals surface area contributed by atoms with Crippen LogP contribution in [0.3, 0.4) is 0 Å². The average Bonchev–Trinajstić information content (AvgIpc) is 2.80. The van der Waals surface area contributed by atoms with Crippen molar-refractivity contribution in [3.05, 3.63) is 22.4 Å². The molecule has 114 valence electrons. The van der Waals surface area contributed by atoms with Crippen LogP contribution >= 0.6 is 15.9 Å². The summed E-state index contributed by atoms with van der Waals surface area (Å²) in [5.41, 5.74) is 0.700. The lowest BCUT2D eigenvalue weighted by atomic mass is 10.3. The van der Waals surface area contributed by atoms with Crippen LogP contribution in [-0.2, 0) is 16.0 Å². The fourth-order valence-corrected chi connectivity index (χ4v) is 2.42. The predicted molar refractivity (Wildman–Crippen MR) is 82.1 cm³/mol. The molecule has 0 unspecified atom stereocenters. The molecule has 20 heavy (non-hydrogen) atoms. The van der Waals surface area contributed by atoms with E-state index in [9.17, 15) is 4.79 Å². The summed E-state index contributed by atoms with van der Waals surface area (Å²) in [4.78, 5) is 14.4. The summed E-state index contributed by atoms with van der Waals surface area (Å²) in [7, 11) is 3.27. The third-order valence-corrected chi connectivity index (χ3v) is 3.40. The number of carbonyl (C=O) groups is 1. The molecule has 0 bridgehead atoms. The molecule has 0 radical (unpaired) electrons. The second kappa shape index (κ2) is 9.15. The van der Waals surface area contributed by atoms with Gasteiger partial charge in [0.15, 0.2) is 0 Å². The van der Waals surface area contributed by atoms with Crippen LogP contribution in [-0.4, -0.2) is 55.9 Å². The van der Waals surface area contributed by atoms with Crippen LogP contribution in [0.4, 0.5) is 0 Å². The highest BCUT2D eigenvalue weighted by molar-refractivity contribution is 9.10. The van der Waals surface area contributed by atoms with Gasteiger partial charge in [0.25, 0.3) is 5.91 Å². The minimum Gasteiger partial charge on any atom is -0.383 e. The normalized spacial score (nSPS) is 10.8. The highest BCUT2D eigenvalue weighted by Gasteiger charge is 2.19. The standard InChI is InChI=1S/C14H23BrN2O3/c1-4-5-17-11-12(15)10-13(17)14(18)16(6-8-19-2)7-9-20-3/h10-11H,4-9H2,1-3H3. The molecule has 1 amide bonds. The van der Waals surface area contributed by atoms with Crippen LogP contribution in [0.25, 0.3) is 0 Å². The van der Waals surface area contributed by atoms with Crippen LogP contribution in [0, 0.1) is 0 Å². The molecule has 6 heteroatoms. The van der Waals surface area contributed by atoms with Gasteiger partial charge < -0.3 is 18.9 Å². The van der Waals surface area contributed by atoms with Gasteiger partial charge in [0.2, 0.25) is 0 Å². The number of aryl methyl sites for hydroxylation is 1. The molecule has 0 atom stereocenters. The lowest BCUT2D eigenvalue weighted by Crippen LogP contribution is -2.37. The molecular formula is C14H23BrN2O3. The van der Waals surface area contributed by atoms with Gasteiger partial charge in [-0.05, 0) is 28.4 Å². The molecule has 0 saturated heterocycles. The Labute approximate surface area is 129 Å². The van der Waals surface area contributed by atoms with E-state index >= 15 is 0 Å². The van der Waals surface area contributed by atoms with Gasteiger partial charge in [-0.1, -0.05) is 6.92 Å². The van der Waals surface area contributed by atoms with E-state index in [1.807, 2.05) is 16.8 Å². The first-order chi connectivity index (χ1) is 9.63. The molecule has 1 rings (SSSR count). The Kier molecular flexibility index (Phi) is 7.87. The lowest BCUT2D eigenvalue weighted by molar-refractivity contribution is 0.0617. The zero-order chi connectivity index (χ0) is 15.0. The zero-order valence-corrected chi connectivity index (χ0v) is 14.0. The van der Waals surface area contributed by atoms with E-state index in [4.69, 9.17) is 9.47 Å². The van der Waals surface area contributed by atoms with Crippen molar-refractivity contribution in [2.75, 3.05) is 40.5 Å². The summed E-state index contributed by atoms with van der Waals surface area (Å²) >= 11 is 3.43. The third kappa shape index (κ3) is 4.92. The number of aromatic nitrogens is 1. The number of ether oxygens (including phenoxy) is 2. The van der Waals surface area contributed by atoms with Crippen molar-refractivity contribution in [3.63, 3.8) is 0 Å². The second-order valence-electron chi connectivity index (χ2n) is 4.51. The summed E-state index contributed by atoms with van der Waals surface area (Å²) in [6, 6.07) is 1.87. The monoisotopic (exact) mass is 346 g/mol. The molecule has 1 aromatic rings. The van der Waals surface area contributed by atoms with Gasteiger partial charge in [0.05, 0.1) is 13.2 Å². The third-order valence-electron chi connectivity index (χ3n) is 2.96. The molecular weight excluding hydrogens is 324 g/mol. The first-order valence-corrected chi connectivity index (χ1v) is 7.56. The fourth-order valence-electron chi connectivity index (χ4n) is 1.96. The lowest BCUT2D eigenvalue weighted by Gasteiger charge is -2.22. The van der Waals surface area contributed by atoms with Gasteiger partial charge in [-0.15, -0.1) is 0 Å². The Hall–Kier alpha value is -0.850. The first-order valence-electron chi connectivity index (χ1n) is 6.76. The quantitative estimate of drug-likeness (QED) is 0.689.